The maximum atomic E-state index is 11.7. The number of amides is 1. The summed E-state index contributed by atoms with van der Waals surface area (Å²) in [5.74, 6) is 2.15. The number of fused-ring (bicyclic) bond motifs is 3. The van der Waals surface area contributed by atoms with Crippen LogP contribution in [-0.4, -0.2) is 59.2 Å². The summed E-state index contributed by atoms with van der Waals surface area (Å²) >= 11 is 0. The number of nitrogens with two attached hydrogens (primary N) is 1. The van der Waals surface area contributed by atoms with E-state index in [1.165, 1.54) is 6.20 Å². The Labute approximate surface area is 197 Å². The molecule has 4 heterocycles. The smallest absolute Gasteiger partial charge is 0.254 e. The minimum absolute atomic E-state index is 0.266. The van der Waals surface area contributed by atoms with Gasteiger partial charge in [0.15, 0.2) is 0 Å². The molecule has 1 saturated heterocycles. The molecule has 10 nitrogen and oxygen atoms in total. The van der Waals surface area contributed by atoms with Crippen molar-refractivity contribution >= 4 is 34.9 Å². The Morgan fingerprint density at radius 3 is 2.85 bits per heavy atom. The third-order valence-electron chi connectivity index (χ3n) is 6.39. The van der Waals surface area contributed by atoms with Crippen LogP contribution in [0.1, 0.15) is 23.2 Å². The molecule has 10 heteroatoms. The van der Waals surface area contributed by atoms with E-state index in [4.69, 9.17) is 10.5 Å². The second-order valence-electron chi connectivity index (χ2n) is 8.84. The molecule has 1 atom stereocenters. The maximum Gasteiger partial charge on any atom is 0.254 e. The van der Waals surface area contributed by atoms with E-state index < -0.39 is 5.91 Å². The molecule has 1 unspecified atom stereocenters. The largest absolute Gasteiger partial charge is 0.489 e. The molecule has 1 aromatic carbocycles. The zero-order valence-electron chi connectivity index (χ0n) is 18.6. The number of carbonyl (C=O) groups excluding carboxylic acids is 1. The number of ether oxygens (including phenoxy) is 1. The van der Waals surface area contributed by atoms with Crippen LogP contribution >= 0.6 is 0 Å². The molecule has 3 aliphatic rings. The van der Waals surface area contributed by atoms with E-state index in [9.17, 15) is 4.79 Å². The second kappa shape index (κ2) is 8.36. The van der Waals surface area contributed by atoms with Crippen LogP contribution in [0.15, 0.2) is 48.8 Å². The highest BCUT2D eigenvalue weighted by Gasteiger charge is 2.33. The predicted octanol–water partition coefficient (Wildman–Crippen LogP) is 2.38. The first kappa shape index (κ1) is 20.5. The van der Waals surface area contributed by atoms with E-state index in [1.807, 2.05) is 30.5 Å². The number of piperazine rings is 1. The second-order valence-corrected chi connectivity index (χ2v) is 8.84. The number of aromatic nitrogens is 3. The lowest BCUT2D eigenvalue weighted by Crippen LogP contribution is -2.57. The first-order chi connectivity index (χ1) is 16.6. The Morgan fingerprint density at radius 2 is 2.06 bits per heavy atom. The highest BCUT2D eigenvalue weighted by molar-refractivity contribution is 5.97. The number of hydrogen-bond donors (Lipinski definition) is 3. The van der Waals surface area contributed by atoms with Gasteiger partial charge in [0.25, 0.3) is 5.91 Å². The van der Waals surface area contributed by atoms with E-state index in [1.54, 1.807) is 0 Å². The third kappa shape index (κ3) is 4.02. The van der Waals surface area contributed by atoms with Crippen LogP contribution in [0.4, 0.5) is 29.0 Å². The molecular formula is C24H26N8O2. The number of nitrogens with one attached hydrogen (secondary N) is 2. The minimum atomic E-state index is -0.547. The van der Waals surface area contributed by atoms with Crippen LogP contribution in [0, 0.1) is 0 Å². The molecule has 0 bridgehead atoms. The van der Waals surface area contributed by atoms with Gasteiger partial charge < -0.3 is 30.9 Å². The van der Waals surface area contributed by atoms with Crippen molar-refractivity contribution in [3.8, 4) is 5.75 Å². The standard InChI is InChI=1S/C24H26N8O2/c25-22(33)18-12-27-24(30-23(18)28-15-4-5-15)29-16-6-7-19-20(11-16)34-14-17-13-31(9-10-32(17)19)21-3-1-2-8-26-21/h1-3,6-8,11-12,15,17H,4-5,9-10,13-14H2,(H2,25,33)(H2,27,28,29,30). The van der Waals surface area contributed by atoms with Gasteiger partial charge in [-0.05, 0) is 37.1 Å². The van der Waals surface area contributed by atoms with Gasteiger partial charge >= 0.3 is 0 Å². The van der Waals surface area contributed by atoms with Gasteiger partial charge in [0.1, 0.15) is 24.0 Å². The number of hydrogen-bond acceptors (Lipinski definition) is 9. The Hall–Kier alpha value is -4.08. The fourth-order valence-corrected chi connectivity index (χ4v) is 4.48. The van der Waals surface area contributed by atoms with Crippen LogP contribution in [-0.2, 0) is 0 Å². The SMILES string of the molecule is NC(=O)c1cnc(Nc2ccc3c(c2)OCC2CN(c4ccccn4)CCN32)nc1NC1CC1. The number of benzene rings is 1. The number of anilines is 5. The molecule has 34 heavy (non-hydrogen) atoms. The molecule has 0 radical (unpaired) electrons. The molecule has 0 spiro atoms. The van der Waals surface area contributed by atoms with E-state index in [-0.39, 0.29) is 6.04 Å². The number of pyridine rings is 1. The summed E-state index contributed by atoms with van der Waals surface area (Å²) in [4.78, 5) is 29.7. The van der Waals surface area contributed by atoms with Gasteiger partial charge in [-0.25, -0.2) is 9.97 Å². The number of carbonyl (C=O) groups is 1. The number of nitrogens with zero attached hydrogens (tertiary/aromatic N) is 5. The zero-order chi connectivity index (χ0) is 23.1. The Kier molecular flexibility index (Phi) is 5.05. The molecule has 6 rings (SSSR count). The van der Waals surface area contributed by atoms with Crippen molar-refractivity contribution in [3.63, 3.8) is 0 Å². The van der Waals surface area contributed by atoms with Crippen molar-refractivity contribution in [2.45, 2.75) is 24.9 Å². The fraction of sp³-hybridized carbons (Fsp3) is 0.333. The molecule has 1 amide bonds. The average Bonchev–Trinajstić information content (AvgIpc) is 3.68. The summed E-state index contributed by atoms with van der Waals surface area (Å²) in [6.45, 7) is 3.29. The Balaban J connectivity index is 1.18. The lowest BCUT2D eigenvalue weighted by Gasteiger charge is -2.46. The highest BCUT2D eigenvalue weighted by atomic mass is 16.5. The van der Waals surface area contributed by atoms with Crippen molar-refractivity contribution in [3.05, 3.63) is 54.4 Å². The third-order valence-corrected chi connectivity index (χ3v) is 6.39. The molecule has 2 aromatic heterocycles. The number of rotatable bonds is 6. The Bertz CT molecular complexity index is 1220. The average molecular weight is 459 g/mol. The van der Waals surface area contributed by atoms with Gasteiger partial charge in [0.2, 0.25) is 5.95 Å². The topological polar surface area (TPSA) is 122 Å². The van der Waals surface area contributed by atoms with E-state index >= 15 is 0 Å². The summed E-state index contributed by atoms with van der Waals surface area (Å²) in [5.41, 5.74) is 7.67. The van der Waals surface area contributed by atoms with Crippen molar-refractivity contribution in [2.75, 3.05) is 46.7 Å². The molecule has 2 aliphatic heterocycles. The van der Waals surface area contributed by atoms with Crippen molar-refractivity contribution < 1.29 is 9.53 Å². The summed E-state index contributed by atoms with van der Waals surface area (Å²) < 4.78 is 6.15. The molecule has 4 N–H and O–H groups in total. The van der Waals surface area contributed by atoms with Crippen molar-refractivity contribution in [1.82, 2.24) is 15.0 Å². The molecule has 174 valence electrons. The monoisotopic (exact) mass is 458 g/mol. The summed E-state index contributed by atoms with van der Waals surface area (Å²) in [7, 11) is 0. The first-order valence-corrected chi connectivity index (χ1v) is 11.5. The van der Waals surface area contributed by atoms with Gasteiger partial charge in [-0.1, -0.05) is 6.07 Å². The van der Waals surface area contributed by atoms with Crippen LogP contribution in [0.3, 0.4) is 0 Å². The maximum absolute atomic E-state index is 11.7. The fourth-order valence-electron chi connectivity index (χ4n) is 4.48. The van der Waals surface area contributed by atoms with E-state index in [2.05, 4.69) is 47.5 Å². The van der Waals surface area contributed by atoms with E-state index in [0.717, 1.165) is 55.4 Å². The molecule has 1 saturated carbocycles. The summed E-state index contributed by atoms with van der Waals surface area (Å²) in [6.07, 6.45) is 5.41. The number of primary amides is 1. The van der Waals surface area contributed by atoms with Crippen LogP contribution in [0.2, 0.25) is 0 Å². The van der Waals surface area contributed by atoms with Gasteiger partial charge in [-0.2, -0.15) is 4.98 Å². The molecule has 2 fully saturated rings. The molecule has 3 aromatic rings. The quantitative estimate of drug-likeness (QED) is 0.511. The van der Waals surface area contributed by atoms with Crippen molar-refractivity contribution in [1.29, 1.82) is 0 Å². The van der Waals surface area contributed by atoms with Crippen LogP contribution in [0.5, 0.6) is 5.75 Å². The van der Waals surface area contributed by atoms with E-state index in [0.29, 0.717) is 30.0 Å². The predicted molar refractivity (Wildman–Crippen MR) is 130 cm³/mol. The van der Waals surface area contributed by atoms with Gasteiger partial charge in [-0.15, -0.1) is 0 Å². The summed E-state index contributed by atoms with van der Waals surface area (Å²) in [6, 6.07) is 12.6. The molecule has 1 aliphatic carbocycles. The van der Waals surface area contributed by atoms with Crippen LogP contribution < -0.4 is 30.9 Å². The van der Waals surface area contributed by atoms with Crippen molar-refractivity contribution in [2.24, 2.45) is 5.73 Å². The van der Waals surface area contributed by atoms with Gasteiger partial charge in [0, 0.05) is 49.8 Å². The molecular weight excluding hydrogens is 432 g/mol. The highest BCUT2D eigenvalue weighted by Crippen LogP contribution is 2.38. The lowest BCUT2D eigenvalue weighted by molar-refractivity contribution is 0.100. The van der Waals surface area contributed by atoms with Gasteiger partial charge in [-0.3, -0.25) is 4.79 Å². The lowest BCUT2D eigenvalue weighted by atomic mass is 10.1. The minimum Gasteiger partial charge on any atom is -0.489 e. The Morgan fingerprint density at radius 1 is 1.15 bits per heavy atom. The zero-order valence-corrected chi connectivity index (χ0v) is 18.6. The summed E-state index contributed by atoms with van der Waals surface area (Å²) in [5, 5.41) is 6.48. The first-order valence-electron chi connectivity index (χ1n) is 11.5. The normalized spacial score (nSPS) is 19.0. The van der Waals surface area contributed by atoms with Gasteiger partial charge in [0.05, 0.1) is 17.3 Å². The van der Waals surface area contributed by atoms with Crippen LogP contribution in [0.25, 0.3) is 0 Å².